The Hall–Kier alpha value is -1.39. The molecule has 108 valence electrons. The van der Waals surface area contributed by atoms with Crippen molar-refractivity contribution in [3.63, 3.8) is 0 Å². The number of aliphatic carboxylic acids is 1. The molecule has 0 aliphatic heterocycles. The molecule has 20 heavy (non-hydrogen) atoms. The number of nitrogens with zero attached hydrogens (tertiary/aromatic N) is 3. The number of rotatable bonds is 3. The topological polar surface area (TPSA) is 68.0 Å². The molecule has 5 nitrogen and oxygen atoms in total. The first-order chi connectivity index (χ1) is 9.63. The minimum absolute atomic E-state index is 0.273. The van der Waals surface area contributed by atoms with E-state index >= 15 is 0 Å². The van der Waals surface area contributed by atoms with Gasteiger partial charge < -0.3 is 9.67 Å². The van der Waals surface area contributed by atoms with Crippen LogP contribution in [0.5, 0.6) is 0 Å². The molecule has 0 radical (unpaired) electrons. The Morgan fingerprint density at radius 2 is 1.85 bits per heavy atom. The zero-order valence-corrected chi connectivity index (χ0v) is 11.8. The summed E-state index contributed by atoms with van der Waals surface area (Å²) in [5, 5.41) is 17.6. The van der Waals surface area contributed by atoms with Gasteiger partial charge in [-0.15, -0.1) is 10.2 Å². The summed E-state index contributed by atoms with van der Waals surface area (Å²) >= 11 is 0. The molecule has 0 spiro atoms. The third kappa shape index (κ3) is 1.71. The highest BCUT2D eigenvalue weighted by molar-refractivity contribution is 5.72. The maximum absolute atomic E-state index is 11.9. The summed E-state index contributed by atoms with van der Waals surface area (Å²) in [5.74, 6) is 3.19. The van der Waals surface area contributed by atoms with E-state index in [1.54, 1.807) is 10.9 Å². The van der Waals surface area contributed by atoms with Crippen LogP contribution in [0.15, 0.2) is 6.33 Å². The Morgan fingerprint density at radius 1 is 1.25 bits per heavy atom. The second-order valence-corrected chi connectivity index (χ2v) is 7.08. The zero-order chi connectivity index (χ0) is 13.9. The molecule has 4 aliphatic carbocycles. The summed E-state index contributed by atoms with van der Waals surface area (Å²) in [7, 11) is 0. The third-order valence-corrected chi connectivity index (χ3v) is 5.97. The molecule has 4 bridgehead atoms. The molecule has 1 unspecified atom stereocenters. The van der Waals surface area contributed by atoms with Crippen LogP contribution < -0.4 is 0 Å². The lowest BCUT2D eigenvalue weighted by molar-refractivity contribution is -0.149. The molecule has 1 atom stereocenters. The number of carbonyl (C=O) groups is 1. The predicted molar refractivity (Wildman–Crippen MR) is 72.0 cm³/mol. The fourth-order valence-corrected chi connectivity index (χ4v) is 5.53. The number of carboxylic acid groups (broad SMARTS) is 1. The third-order valence-electron chi connectivity index (χ3n) is 5.97. The summed E-state index contributed by atoms with van der Waals surface area (Å²) < 4.78 is 1.79. The summed E-state index contributed by atoms with van der Waals surface area (Å²) in [6.07, 6.45) is 7.94. The minimum atomic E-state index is -0.717. The summed E-state index contributed by atoms with van der Waals surface area (Å²) in [6, 6.07) is -0.472. The SMILES string of the molecule is Cc1nncn1C(C(=O)O)C1C2CC3CC(C2)CC1C3. The number of aromatic nitrogens is 3. The minimum Gasteiger partial charge on any atom is -0.480 e. The number of hydrogen-bond donors (Lipinski definition) is 1. The van der Waals surface area contributed by atoms with Gasteiger partial charge in [-0.25, -0.2) is 4.79 Å². The maximum atomic E-state index is 11.9. The van der Waals surface area contributed by atoms with E-state index in [1.165, 1.54) is 32.1 Å². The number of hydrogen-bond acceptors (Lipinski definition) is 3. The molecular formula is C15H21N3O2. The zero-order valence-electron chi connectivity index (χ0n) is 11.8. The smallest absolute Gasteiger partial charge is 0.327 e. The van der Waals surface area contributed by atoms with Crippen molar-refractivity contribution in [3.05, 3.63) is 12.2 Å². The van der Waals surface area contributed by atoms with Gasteiger partial charge in [-0.2, -0.15) is 0 Å². The predicted octanol–water partition coefficient (Wildman–Crippen LogP) is 2.28. The Kier molecular flexibility index (Phi) is 2.66. The van der Waals surface area contributed by atoms with Crippen LogP contribution in [-0.4, -0.2) is 25.8 Å². The average Bonchev–Trinajstić information content (AvgIpc) is 2.78. The van der Waals surface area contributed by atoms with Crippen LogP contribution in [0.2, 0.25) is 0 Å². The van der Waals surface area contributed by atoms with E-state index in [9.17, 15) is 9.90 Å². The van der Waals surface area contributed by atoms with Crippen molar-refractivity contribution in [2.24, 2.45) is 29.6 Å². The van der Waals surface area contributed by atoms with Crippen LogP contribution >= 0.6 is 0 Å². The summed E-state index contributed by atoms with van der Waals surface area (Å²) in [6.45, 7) is 1.85. The second-order valence-electron chi connectivity index (χ2n) is 7.08. The van der Waals surface area contributed by atoms with Crippen molar-refractivity contribution in [2.45, 2.75) is 45.1 Å². The van der Waals surface area contributed by atoms with Crippen molar-refractivity contribution in [1.29, 1.82) is 0 Å². The second kappa shape index (κ2) is 4.30. The van der Waals surface area contributed by atoms with Gasteiger partial charge in [-0.3, -0.25) is 0 Å². The van der Waals surface area contributed by atoms with Crippen molar-refractivity contribution in [1.82, 2.24) is 14.8 Å². The van der Waals surface area contributed by atoms with Crippen molar-refractivity contribution < 1.29 is 9.90 Å². The molecule has 1 heterocycles. The highest BCUT2D eigenvalue weighted by Gasteiger charge is 2.52. The first-order valence-corrected chi connectivity index (χ1v) is 7.72. The molecule has 4 fully saturated rings. The normalized spacial score (nSPS) is 40.0. The first-order valence-electron chi connectivity index (χ1n) is 7.72. The van der Waals surface area contributed by atoms with Crippen LogP contribution in [0, 0.1) is 36.5 Å². The average molecular weight is 275 g/mol. The fraction of sp³-hybridized carbons (Fsp3) is 0.800. The first kappa shape index (κ1) is 12.4. The van der Waals surface area contributed by atoms with Crippen LogP contribution in [0.25, 0.3) is 0 Å². The standard InChI is InChI=1S/C15H21N3O2/c1-8-17-16-7-18(8)14(15(19)20)13-11-3-9-2-10(5-11)6-12(13)4-9/h7,9-14H,2-6H2,1H3,(H,19,20). The van der Waals surface area contributed by atoms with Crippen LogP contribution in [0.1, 0.15) is 44.0 Å². The molecule has 4 aliphatic rings. The van der Waals surface area contributed by atoms with Crippen molar-refractivity contribution in [2.75, 3.05) is 0 Å². The van der Waals surface area contributed by atoms with Gasteiger partial charge in [0.1, 0.15) is 18.2 Å². The van der Waals surface area contributed by atoms with Gasteiger partial charge in [-0.1, -0.05) is 0 Å². The summed E-state index contributed by atoms with van der Waals surface area (Å²) in [5.41, 5.74) is 0. The Bertz CT molecular complexity index is 511. The van der Waals surface area contributed by atoms with Gasteiger partial charge in [0.25, 0.3) is 0 Å². The number of carboxylic acids is 1. The van der Waals surface area contributed by atoms with Gasteiger partial charge in [0, 0.05) is 0 Å². The van der Waals surface area contributed by atoms with E-state index in [0.717, 1.165) is 11.8 Å². The van der Waals surface area contributed by atoms with Crippen molar-refractivity contribution in [3.8, 4) is 0 Å². The molecule has 0 saturated heterocycles. The molecule has 1 aromatic rings. The quantitative estimate of drug-likeness (QED) is 0.919. The highest BCUT2D eigenvalue weighted by Crippen LogP contribution is 2.59. The summed E-state index contributed by atoms with van der Waals surface area (Å²) in [4.78, 5) is 11.9. The maximum Gasteiger partial charge on any atom is 0.327 e. The Morgan fingerprint density at radius 3 is 2.30 bits per heavy atom. The lowest BCUT2D eigenvalue weighted by Gasteiger charge is -2.55. The van der Waals surface area contributed by atoms with E-state index < -0.39 is 12.0 Å². The molecule has 5 rings (SSSR count). The van der Waals surface area contributed by atoms with Crippen LogP contribution in [0.3, 0.4) is 0 Å². The van der Waals surface area contributed by atoms with E-state index in [-0.39, 0.29) is 5.92 Å². The van der Waals surface area contributed by atoms with Gasteiger partial charge >= 0.3 is 5.97 Å². The molecule has 1 aromatic heterocycles. The monoisotopic (exact) mass is 275 g/mol. The fourth-order valence-electron chi connectivity index (χ4n) is 5.53. The van der Waals surface area contributed by atoms with E-state index in [2.05, 4.69) is 10.2 Å². The molecule has 0 amide bonds. The van der Waals surface area contributed by atoms with Gasteiger partial charge in [0.2, 0.25) is 0 Å². The van der Waals surface area contributed by atoms with E-state index in [0.29, 0.717) is 17.7 Å². The molecule has 0 aromatic carbocycles. The lowest BCUT2D eigenvalue weighted by Crippen LogP contribution is -2.49. The largest absolute Gasteiger partial charge is 0.480 e. The van der Waals surface area contributed by atoms with Gasteiger partial charge in [-0.05, 0) is 68.6 Å². The molecule has 4 saturated carbocycles. The number of aryl methyl sites for hydroxylation is 1. The van der Waals surface area contributed by atoms with E-state index in [1.807, 2.05) is 6.92 Å². The highest BCUT2D eigenvalue weighted by atomic mass is 16.4. The van der Waals surface area contributed by atoms with Gasteiger partial charge in [0.05, 0.1) is 0 Å². The Labute approximate surface area is 118 Å². The molecule has 5 heteroatoms. The lowest BCUT2D eigenvalue weighted by atomic mass is 9.50. The Balaban J connectivity index is 1.71. The van der Waals surface area contributed by atoms with Crippen molar-refractivity contribution >= 4 is 5.97 Å². The molecular weight excluding hydrogens is 254 g/mol. The van der Waals surface area contributed by atoms with Crippen LogP contribution in [-0.2, 0) is 4.79 Å². The van der Waals surface area contributed by atoms with E-state index in [4.69, 9.17) is 0 Å². The van der Waals surface area contributed by atoms with Gasteiger partial charge in [0.15, 0.2) is 0 Å². The molecule has 1 N–H and O–H groups in total. The van der Waals surface area contributed by atoms with Crippen LogP contribution in [0.4, 0.5) is 0 Å².